The highest BCUT2D eigenvalue weighted by atomic mass is 19.1. The van der Waals surface area contributed by atoms with Crippen LogP contribution in [0.3, 0.4) is 0 Å². The summed E-state index contributed by atoms with van der Waals surface area (Å²) < 4.78 is 14.4. The predicted molar refractivity (Wildman–Crippen MR) is 98.1 cm³/mol. The second kappa shape index (κ2) is 8.74. The molecular weight excluding hydrogens is 333 g/mol. The summed E-state index contributed by atoms with van der Waals surface area (Å²) in [6.45, 7) is 0.381. The Hall–Kier alpha value is -2.50. The molecule has 1 aromatic heterocycles. The van der Waals surface area contributed by atoms with Crippen LogP contribution in [0.25, 0.3) is 11.3 Å². The number of nitrogens with zero attached hydrogens (tertiary/aromatic N) is 2. The maximum absolute atomic E-state index is 13.0. The highest BCUT2D eigenvalue weighted by molar-refractivity contribution is 5.76. The molecule has 2 aromatic rings. The second-order valence-corrected chi connectivity index (χ2v) is 6.79. The van der Waals surface area contributed by atoms with Crippen LogP contribution in [0.4, 0.5) is 4.39 Å². The lowest BCUT2D eigenvalue weighted by molar-refractivity contribution is -0.122. The van der Waals surface area contributed by atoms with Crippen molar-refractivity contribution >= 4 is 5.91 Å². The molecule has 0 spiro atoms. The Bertz CT molecular complexity index is 795. The van der Waals surface area contributed by atoms with E-state index in [1.165, 1.54) is 42.1 Å². The number of hydrogen-bond acceptors (Lipinski definition) is 3. The zero-order valence-electron chi connectivity index (χ0n) is 14.8. The number of carbonyl (C=O) groups is 1. The fourth-order valence-corrected chi connectivity index (χ4v) is 3.32. The first-order valence-electron chi connectivity index (χ1n) is 9.25. The van der Waals surface area contributed by atoms with Crippen molar-refractivity contribution in [2.45, 2.75) is 57.5 Å². The summed E-state index contributed by atoms with van der Waals surface area (Å²) in [6.07, 6.45) is 6.68. The monoisotopic (exact) mass is 357 g/mol. The van der Waals surface area contributed by atoms with Gasteiger partial charge in [-0.25, -0.2) is 9.07 Å². The van der Waals surface area contributed by atoms with Gasteiger partial charge in [0.1, 0.15) is 5.82 Å². The molecule has 0 radical (unpaired) electrons. The number of benzene rings is 1. The van der Waals surface area contributed by atoms with Crippen molar-refractivity contribution in [1.82, 2.24) is 15.1 Å². The predicted octanol–water partition coefficient (Wildman–Crippen LogP) is 3.28. The molecule has 26 heavy (non-hydrogen) atoms. The van der Waals surface area contributed by atoms with Crippen LogP contribution >= 0.6 is 0 Å². The first-order valence-corrected chi connectivity index (χ1v) is 9.25. The van der Waals surface area contributed by atoms with Gasteiger partial charge in [0.15, 0.2) is 0 Å². The van der Waals surface area contributed by atoms with Crippen molar-refractivity contribution in [2.75, 3.05) is 0 Å². The highest BCUT2D eigenvalue weighted by Crippen LogP contribution is 2.18. The Kier molecular flexibility index (Phi) is 6.15. The Morgan fingerprint density at radius 1 is 1.12 bits per heavy atom. The van der Waals surface area contributed by atoms with E-state index in [0.29, 0.717) is 31.1 Å². The van der Waals surface area contributed by atoms with Crippen molar-refractivity contribution in [3.8, 4) is 11.3 Å². The molecule has 1 aromatic carbocycles. The van der Waals surface area contributed by atoms with Crippen LogP contribution in [0.5, 0.6) is 0 Å². The molecule has 0 bridgehead atoms. The van der Waals surface area contributed by atoms with E-state index in [-0.39, 0.29) is 17.3 Å². The molecule has 6 heteroatoms. The fourth-order valence-electron chi connectivity index (χ4n) is 3.32. The van der Waals surface area contributed by atoms with E-state index in [0.717, 1.165) is 18.4 Å². The zero-order chi connectivity index (χ0) is 18.4. The van der Waals surface area contributed by atoms with Crippen molar-refractivity contribution in [3.63, 3.8) is 0 Å². The summed E-state index contributed by atoms with van der Waals surface area (Å²) in [5, 5.41) is 7.41. The lowest BCUT2D eigenvalue weighted by Crippen LogP contribution is -2.36. The summed E-state index contributed by atoms with van der Waals surface area (Å²) in [7, 11) is 0. The molecule has 1 N–H and O–H groups in total. The normalized spacial score (nSPS) is 15.0. The van der Waals surface area contributed by atoms with Gasteiger partial charge < -0.3 is 5.32 Å². The van der Waals surface area contributed by atoms with E-state index in [1.54, 1.807) is 18.2 Å². The zero-order valence-corrected chi connectivity index (χ0v) is 14.8. The van der Waals surface area contributed by atoms with E-state index in [2.05, 4.69) is 10.4 Å². The van der Waals surface area contributed by atoms with Crippen molar-refractivity contribution in [1.29, 1.82) is 0 Å². The number of carbonyl (C=O) groups excluding carboxylic acids is 1. The molecule has 0 unspecified atom stereocenters. The number of aryl methyl sites for hydroxylation is 1. The lowest BCUT2D eigenvalue weighted by atomic mass is 9.95. The second-order valence-electron chi connectivity index (χ2n) is 6.79. The first-order chi connectivity index (χ1) is 12.6. The summed E-state index contributed by atoms with van der Waals surface area (Å²) in [5.74, 6) is -0.273. The number of rotatable bonds is 6. The van der Waals surface area contributed by atoms with Crippen LogP contribution in [0, 0.1) is 5.82 Å². The Labute approximate surface area is 152 Å². The summed E-state index contributed by atoms with van der Waals surface area (Å²) in [6, 6.07) is 9.37. The van der Waals surface area contributed by atoms with Gasteiger partial charge in [-0.1, -0.05) is 19.3 Å². The largest absolute Gasteiger partial charge is 0.353 e. The first kappa shape index (κ1) is 18.3. The average Bonchev–Trinajstić information content (AvgIpc) is 2.65. The van der Waals surface area contributed by atoms with Crippen LogP contribution < -0.4 is 10.9 Å². The third kappa shape index (κ3) is 5.00. The Morgan fingerprint density at radius 2 is 1.85 bits per heavy atom. The topological polar surface area (TPSA) is 64.0 Å². The van der Waals surface area contributed by atoms with Crippen LogP contribution in [-0.2, 0) is 11.3 Å². The summed E-state index contributed by atoms with van der Waals surface area (Å²) in [5.41, 5.74) is 1.15. The van der Waals surface area contributed by atoms with Gasteiger partial charge in [-0.3, -0.25) is 9.59 Å². The number of halogens is 1. The third-order valence-electron chi connectivity index (χ3n) is 4.75. The van der Waals surface area contributed by atoms with Crippen molar-refractivity contribution in [3.05, 3.63) is 52.6 Å². The molecule has 0 aliphatic heterocycles. The highest BCUT2D eigenvalue weighted by Gasteiger charge is 2.15. The van der Waals surface area contributed by atoms with Crippen molar-refractivity contribution in [2.24, 2.45) is 0 Å². The minimum absolute atomic E-state index is 0.0413. The molecule has 1 aliphatic carbocycles. The maximum Gasteiger partial charge on any atom is 0.266 e. The van der Waals surface area contributed by atoms with E-state index >= 15 is 0 Å². The molecule has 0 saturated heterocycles. The van der Waals surface area contributed by atoms with Gasteiger partial charge in [0.05, 0.1) is 5.69 Å². The van der Waals surface area contributed by atoms with E-state index < -0.39 is 0 Å². The van der Waals surface area contributed by atoms with Crippen molar-refractivity contribution < 1.29 is 9.18 Å². The molecule has 1 aliphatic rings. The summed E-state index contributed by atoms with van der Waals surface area (Å²) >= 11 is 0. The number of hydrogen-bond donors (Lipinski definition) is 1. The van der Waals surface area contributed by atoms with Gasteiger partial charge in [-0.05, 0) is 49.6 Å². The average molecular weight is 357 g/mol. The van der Waals surface area contributed by atoms with E-state index in [4.69, 9.17) is 0 Å². The molecule has 0 atom stereocenters. The third-order valence-corrected chi connectivity index (χ3v) is 4.75. The van der Waals surface area contributed by atoms with Gasteiger partial charge in [0.2, 0.25) is 5.91 Å². The van der Waals surface area contributed by atoms with Crippen LogP contribution in [0.15, 0.2) is 41.2 Å². The molecule has 1 fully saturated rings. The Balaban J connectivity index is 1.55. The standard InChI is InChI=1S/C20H24FN3O2/c21-16-10-8-15(9-11-16)18-12-13-20(26)24(23-18)14-4-7-19(25)22-17-5-2-1-3-6-17/h8-13,17H,1-7,14H2,(H,22,25). The lowest BCUT2D eigenvalue weighted by Gasteiger charge is -2.22. The van der Waals surface area contributed by atoms with Gasteiger partial charge in [-0.15, -0.1) is 0 Å². The van der Waals surface area contributed by atoms with Crippen LogP contribution in [0.2, 0.25) is 0 Å². The van der Waals surface area contributed by atoms with Gasteiger partial charge in [0.25, 0.3) is 5.56 Å². The van der Waals surface area contributed by atoms with E-state index in [9.17, 15) is 14.0 Å². The number of amides is 1. The fraction of sp³-hybridized carbons (Fsp3) is 0.450. The molecule has 138 valence electrons. The molecule has 1 amide bonds. The molecule has 1 saturated carbocycles. The van der Waals surface area contributed by atoms with Crippen LogP contribution in [-0.4, -0.2) is 21.7 Å². The summed E-state index contributed by atoms with van der Waals surface area (Å²) in [4.78, 5) is 24.0. The minimum atomic E-state index is -0.314. The molecule has 5 nitrogen and oxygen atoms in total. The van der Waals surface area contributed by atoms with E-state index in [1.807, 2.05) is 0 Å². The van der Waals surface area contributed by atoms with Gasteiger partial charge in [-0.2, -0.15) is 5.10 Å². The maximum atomic E-state index is 13.0. The SMILES string of the molecule is O=C(CCCn1nc(-c2ccc(F)cc2)ccc1=O)NC1CCCCC1. The molecule has 1 heterocycles. The Morgan fingerprint density at radius 3 is 2.58 bits per heavy atom. The smallest absolute Gasteiger partial charge is 0.266 e. The van der Waals surface area contributed by atoms with Crippen LogP contribution in [0.1, 0.15) is 44.9 Å². The van der Waals surface area contributed by atoms with Gasteiger partial charge in [0, 0.05) is 30.6 Å². The quantitative estimate of drug-likeness (QED) is 0.863. The van der Waals surface area contributed by atoms with Gasteiger partial charge >= 0.3 is 0 Å². The molecular formula is C20H24FN3O2. The number of nitrogens with one attached hydrogen (secondary N) is 1. The minimum Gasteiger partial charge on any atom is -0.353 e. The number of aromatic nitrogens is 2. The molecule has 3 rings (SSSR count).